The summed E-state index contributed by atoms with van der Waals surface area (Å²) in [6.45, 7) is 6.14. The molecule has 1 aromatic carbocycles. The normalized spacial score (nSPS) is 12.1. The topological polar surface area (TPSA) is 41.6 Å². The molecule has 2 aromatic rings. The minimum absolute atomic E-state index is 0.00333. The van der Waals surface area contributed by atoms with E-state index in [2.05, 4.69) is 25.0 Å². The lowest BCUT2D eigenvalue weighted by Gasteiger charge is -2.17. The smallest absolute Gasteiger partial charge is 0.0901 e. The van der Waals surface area contributed by atoms with Crippen LogP contribution in [-0.2, 0) is 0 Å². The van der Waals surface area contributed by atoms with Crippen molar-refractivity contribution in [3.8, 4) is 6.07 Å². The Morgan fingerprint density at radius 2 is 1.89 bits per heavy atom. The molecule has 0 saturated carbocycles. The van der Waals surface area contributed by atoms with Crippen LogP contribution in [0, 0.1) is 32.1 Å². The van der Waals surface area contributed by atoms with Crippen molar-refractivity contribution in [3.05, 3.63) is 52.8 Å². The van der Waals surface area contributed by atoms with Gasteiger partial charge in [0.1, 0.15) is 0 Å². The van der Waals surface area contributed by atoms with Gasteiger partial charge in [-0.15, -0.1) is 0 Å². The molecule has 0 aliphatic carbocycles. The van der Waals surface area contributed by atoms with Crippen molar-refractivity contribution >= 4 is 0 Å². The van der Waals surface area contributed by atoms with Crippen molar-refractivity contribution in [2.45, 2.75) is 33.2 Å². The fraction of sp³-hybridized carbons (Fsp3) is 0.333. The molecule has 18 heavy (non-hydrogen) atoms. The highest BCUT2D eigenvalue weighted by Crippen LogP contribution is 2.25. The van der Waals surface area contributed by atoms with Crippen molar-refractivity contribution < 1.29 is 0 Å². The predicted octanol–water partition coefficient (Wildman–Crippen LogP) is 3.31. The maximum absolute atomic E-state index is 9.04. The quantitative estimate of drug-likeness (QED) is 0.824. The predicted molar refractivity (Wildman–Crippen MR) is 71.2 cm³/mol. The van der Waals surface area contributed by atoms with E-state index in [0.717, 1.165) is 17.0 Å². The highest BCUT2D eigenvalue weighted by Gasteiger charge is 2.18. The lowest BCUT2D eigenvalue weighted by atomic mass is 10.0. The van der Waals surface area contributed by atoms with Gasteiger partial charge in [-0.2, -0.15) is 10.4 Å². The number of benzene rings is 1. The maximum atomic E-state index is 9.04. The fourth-order valence-corrected chi connectivity index (χ4v) is 2.16. The molecule has 1 unspecified atom stereocenters. The molecule has 0 aliphatic rings. The lowest BCUT2D eigenvalue weighted by molar-refractivity contribution is 0.516. The minimum atomic E-state index is 0.00333. The first-order chi connectivity index (χ1) is 8.65. The summed E-state index contributed by atoms with van der Waals surface area (Å²) in [5.41, 5.74) is 4.50. The van der Waals surface area contributed by atoms with Crippen LogP contribution in [0.1, 0.15) is 35.0 Å². The number of rotatable bonds is 3. The number of hydrogen-bond acceptors (Lipinski definition) is 2. The van der Waals surface area contributed by atoms with Gasteiger partial charge in [0.05, 0.1) is 24.2 Å². The lowest BCUT2D eigenvalue weighted by Crippen LogP contribution is -2.13. The van der Waals surface area contributed by atoms with E-state index in [1.807, 2.05) is 41.9 Å². The molecular weight excluding hydrogens is 222 g/mol. The molecule has 0 N–H and O–H groups in total. The highest BCUT2D eigenvalue weighted by molar-refractivity contribution is 5.27. The molecule has 1 heterocycles. The summed E-state index contributed by atoms with van der Waals surface area (Å²) >= 11 is 0. The zero-order valence-electron chi connectivity index (χ0n) is 11.0. The molecule has 3 nitrogen and oxygen atoms in total. The second kappa shape index (κ2) is 5.05. The van der Waals surface area contributed by atoms with Gasteiger partial charge in [-0.05, 0) is 31.9 Å². The Labute approximate surface area is 108 Å². The van der Waals surface area contributed by atoms with Gasteiger partial charge in [0, 0.05) is 5.69 Å². The number of aromatic nitrogens is 2. The van der Waals surface area contributed by atoms with Crippen LogP contribution in [0.3, 0.4) is 0 Å². The van der Waals surface area contributed by atoms with Crippen LogP contribution in [0.25, 0.3) is 0 Å². The molecule has 1 aromatic heterocycles. The van der Waals surface area contributed by atoms with E-state index in [1.165, 1.54) is 5.56 Å². The molecule has 0 fully saturated rings. The molecule has 0 aliphatic heterocycles. The van der Waals surface area contributed by atoms with Gasteiger partial charge in [-0.25, -0.2) is 0 Å². The second-order valence-corrected chi connectivity index (χ2v) is 4.53. The molecular formula is C15H17N3. The van der Waals surface area contributed by atoms with Gasteiger partial charge in [0.2, 0.25) is 0 Å². The first kappa shape index (κ1) is 12.4. The Morgan fingerprint density at radius 1 is 1.22 bits per heavy atom. The zero-order chi connectivity index (χ0) is 13.1. The van der Waals surface area contributed by atoms with Gasteiger partial charge in [-0.3, -0.25) is 4.68 Å². The van der Waals surface area contributed by atoms with E-state index in [9.17, 15) is 0 Å². The molecule has 3 heteroatoms. The Bertz CT molecular complexity index is 576. The molecule has 92 valence electrons. The van der Waals surface area contributed by atoms with E-state index in [-0.39, 0.29) is 6.04 Å². The Kier molecular flexibility index (Phi) is 3.47. The molecule has 2 rings (SSSR count). The fourth-order valence-electron chi connectivity index (χ4n) is 2.16. The number of hydrogen-bond donors (Lipinski definition) is 0. The Hall–Kier alpha value is -2.08. The van der Waals surface area contributed by atoms with Crippen LogP contribution in [-0.4, -0.2) is 9.78 Å². The van der Waals surface area contributed by atoms with E-state index >= 15 is 0 Å². The maximum Gasteiger partial charge on any atom is 0.0901 e. The van der Waals surface area contributed by atoms with E-state index in [1.54, 1.807) is 0 Å². The minimum Gasteiger partial charge on any atom is -0.261 e. The van der Waals surface area contributed by atoms with Crippen molar-refractivity contribution in [1.82, 2.24) is 9.78 Å². The zero-order valence-corrected chi connectivity index (χ0v) is 11.0. The van der Waals surface area contributed by atoms with Crippen LogP contribution in [0.4, 0.5) is 0 Å². The van der Waals surface area contributed by atoms with Crippen LogP contribution < -0.4 is 0 Å². The largest absolute Gasteiger partial charge is 0.261 e. The molecule has 0 bridgehead atoms. The van der Waals surface area contributed by atoms with Gasteiger partial charge in [0.25, 0.3) is 0 Å². The van der Waals surface area contributed by atoms with Crippen molar-refractivity contribution in [3.63, 3.8) is 0 Å². The van der Waals surface area contributed by atoms with Gasteiger partial charge < -0.3 is 0 Å². The summed E-state index contributed by atoms with van der Waals surface area (Å²) in [6, 6.07) is 12.3. The van der Waals surface area contributed by atoms with Crippen LogP contribution in [0.5, 0.6) is 0 Å². The first-order valence-corrected chi connectivity index (χ1v) is 6.09. The summed E-state index contributed by atoms with van der Waals surface area (Å²) < 4.78 is 1.98. The van der Waals surface area contributed by atoms with Crippen molar-refractivity contribution in [2.75, 3.05) is 0 Å². The highest BCUT2D eigenvalue weighted by atomic mass is 15.3. The molecule has 0 spiro atoms. The summed E-state index contributed by atoms with van der Waals surface area (Å²) in [5.74, 6) is 0. The standard InChI is InChI=1S/C15H17N3/c1-11-12(2)17-18(13(11)3)15(9-10-16)14-7-5-4-6-8-14/h4-8,15H,9H2,1-3H3. The molecule has 0 radical (unpaired) electrons. The van der Waals surface area contributed by atoms with Gasteiger partial charge >= 0.3 is 0 Å². The number of nitriles is 1. The third kappa shape index (κ3) is 2.14. The molecule has 0 saturated heterocycles. The van der Waals surface area contributed by atoms with E-state index in [4.69, 9.17) is 5.26 Å². The van der Waals surface area contributed by atoms with Gasteiger partial charge in [-0.1, -0.05) is 30.3 Å². The Balaban J connectivity index is 2.49. The van der Waals surface area contributed by atoms with E-state index < -0.39 is 0 Å². The van der Waals surface area contributed by atoms with Crippen LogP contribution >= 0.6 is 0 Å². The van der Waals surface area contributed by atoms with E-state index in [0.29, 0.717) is 6.42 Å². The van der Waals surface area contributed by atoms with Crippen LogP contribution in [0.2, 0.25) is 0 Å². The van der Waals surface area contributed by atoms with Crippen molar-refractivity contribution in [1.29, 1.82) is 5.26 Å². The number of nitrogens with zero attached hydrogens (tertiary/aromatic N) is 3. The average molecular weight is 239 g/mol. The summed E-state index contributed by atoms with van der Waals surface area (Å²) in [5, 5.41) is 13.6. The summed E-state index contributed by atoms with van der Waals surface area (Å²) in [4.78, 5) is 0. The molecule has 1 atom stereocenters. The second-order valence-electron chi connectivity index (χ2n) is 4.53. The van der Waals surface area contributed by atoms with Gasteiger partial charge in [0.15, 0.2) is 0 Å². The summed E-state index contributed by atoms with van der Waals surface area (Å²) in [6.07, 6.45) is 0.436. The van der Waals surface area contributed by atoms with Crippen molar-refractivity contribution in [2.24, 2.45) is 0 Å². The monoisotopic (exact) mass is 239 g/mol. The SMILES string of the molecule is Cc1nn(C(CC#N)c2ccccc2)c(C)c1C. The third-order valence-corrected chi connectivity index (χ3v) is 3.45. The first-order valence-electron chi connectivity index (χ1n) is 6.09. The summed E-state index contributed by atoms with van der Waals surface area (Å²) in [7, 11) is 0. The third-order valence-electron chi connectivity index (χ3n) is 3.45. The Morgan fingerprint density at radius 3 is 2.39 bits per heavy atom. The number of aryl methyl sites for hydroxylation is 1. The average Bonchev–Trinajstić information content (AvgIpc) is 2.65. The molecule has 0 amide bonds. The van der Waals surface area contributed by atoms with Crippen LogP contribution in [0.15, 0.2) is 30.3 Å².